The SMILES string of the molecule is CCCNCc1cc(Br)cc(C)c1OCC(O)(CC)CC. The van der Waals surface area contributed by atoms with Gasteiger partial charge in [-0.25, -0.2) is 0 Å². The lowest BCUT2D eigenvalue weighted by molar-refractivity contribution is -0.0118. The number of nitrogens with one attached hydrogen (secondary N) is 1. The molecule has 0 aliphatic carbocycles. The zero-order valence-corrected chi connectivity index (χ0v) is 15.2. The Labute approximate surface area is 137 Å². The van der Waals surface area contributed by atoms with E-state index in [-0.39, 0.29) is 0 Å². The average Bonchev–Trinajstić information content (AvgIpc) is 2.46. The third kappa shape index (κ3) is 5.61. The number of hydrogen-bond acceptors (Lipinski definition) is 3. The van der Waals surface area contributed by atoms with E-state index in [9.17, 15) is 5.11 Å². The second-order valence-corrected chi connectivity index (χ2v) is 6.52. The van der Waals surface area contributed by atoms with Crippen LogP contribution >= 0.6 is 15.9 Å². The maximum absolute atomic E-state index is 10.4. The molecule has 0 aliphatic heterocycles. The molecular formula is C17H28BrNO2. The molecule has 0 heterocycles. The minimum Gasteiger partial charge on any atom is -0.490 e. The molecular weight excluding hydrogens is 330 g/mol. The zero-order chi connectivity index (χ0) is 15.9. The van der Waals surface area contributed by atoms with Crippen molar-refractivity contribution in [3.63, 3.8) is 0 Å². The van der Waals surface area contributed by atoms with E-state index in [4.69, 9.17) is 4.74 Å². The molecule has 0 bridgehead atoms. The largest absolute Gasteiger partial charge is 0.490 e. The summed E-state index contributed by atoms with van der Waals surface area (Å²) in [5.41, 5.74) is 1.48. The first-order valence-electron chi connectivity index (χ1n) is 7.80. The Balaban J connectivity index is 2.88. The van der Waals surface area contributed by atoms with Crippen molar-refractivity contribution in [2.75, 3.05) is 13.2 Å². The van der Waals surface area contributed by atoms with E-state index in [0.717, 1.165) is 40.9 Å². The second-order valence-electron chi connectivity index (χ2n) is 5.61. The molecule has 0 amide bonds. The molecule has 120 valence electrons. The molecule has 1 aromatic carbocycles. The third-order valence-corrected chi connectivity index (χ3v) is 4.32. The fourth-order valence-corrected chi connectivity index (χ4v) is 2.82. The normalized spacial score (nSPS) is 11.7. The molecule has 0 aromatic heterocycles. The van der Waals surface area contributed by atoms with Crippen molar-refractivity contribution in [3.05, 3.63) is 27.7 Å². The predicted octanol–water partition coefficient (Wildman–Crippen LogP) is 4.19. The lowest BCUT2D eigenvalue weighted by Crippen LogP contribution is -2.34. The summed E-state index contributed by atoms with van der Waals surface area (Å²) in [5, 5.41) is 13.8. The van der Waals surface area contributed by atoms with E-state index in [0.29, 0.717) is 19.4 Å². The Bertz CT molecular complexity index is 445. The molecule has 21 heavy (non-hydrogen) atoms. The van der Waals surface area contributed by atoms with Crippen LogP contribution in [0.3, 0.4) is 0 Å². The molecule has 0 saturated carbocycles. The lowest BCUT2D eigenvalue weighted by atomic mass is 9.99. The third-order valence-electron chi connectivity index (χ3n) is 3.86. The Morgan fingerprint density at radius 2 is 1.90 bits per heavy atom. The summed E-state index contributed by atoms with van der Waals surface area (Å²) < 4.78 is 7.05. The molecule has 0 aliphatic rings. The van der Waals surface area contributed by atoms with Crippen molar-refractivity contribution in [2.24, 2.45) is 0 Å². The van der Waals surface area contributed by atoms with Gasteiger partial charge in [0.15, 0.2) is 0 Å². The summed E-state index contributed by atoms with van der Waals surface area (Å²) in [6, 6.07) is 4.14. The van der Waals surface area contributed by atoms with Gasteiger partial charge in [-0.1, -0.05) is 36.7 Å². The first-order chi connectivity index (χ1) is 9.95. The van der Waals surface area contributed by atoms with Gasteiger partial charge in [-0.2, -0.15) is 0 Å². The maximum Gasteiger partial charge on any atom is 0.126 e. The van der Waals surface area contributed by atoms with Crippen LogP contribution in [0, 0.1) is 6.92 Å². The van der Waals surface area contributed by atoms with E-state index < -0.39 is 5.60 Å². The average molecular weight is 358 g/mol. The van der Waals surface area contributed by atoms with Crippen molar-refractivity contribution in [3.8, 4) is 5.75 Å². The van der Waals surface area contributed by atoms with Crippen LogP contribution in [0.1, 0.15) is 51.2 Å². The summed E-state index contributed by atoms with van der Waals surface area (Å²) in [5.74, 6) is 0.891. The van der Waals surface area contributed by atoms with Gasteiger partial charge in [-0.05, 0) is 50.4 Å². The summed E-state index contributed by atoms with van der Waals surface area (Å²) in [6.07, 6.45) is 2.50. The number of halogens is 1. The molecule has 2 N–H and O–H groups in total. The quantitative estimate of drug-likeness (QED) is 0.651. The number of aliphatic hydroxyl groups is 1. The van der Waals surface area contributed by atoms with Gasteiger partial charge in [0.25, 0.3) is 0 Å². The van der Waals surface area contributed by atoms with Crippen LogP contribution in [-0.4, -0.2) is 23.9 Å². The van der Waals surface area contributed by atoms with Crippen molar-refractivity contribution in [1.29, 1.82) is 0 Å². The Morgan fingerprint density at radius 3 is 2.48 bits per heavy atom. The van der Waals surface area contributed by atoms with Gasteiger partial charge in [0.05, 0.1) is 5.60 Å². The maximum atomic E-state index is 10.4. The highest BCUT2D eigenvalue weighted by atomic mass is 79.9. The summed E-state index contributed by atoms with van der Waals surface area (Å²) >= 11 is 3.54. The smallest absolute Gasteiger partial charge is 0.126 e. The van der Waals surface area contributed by atoms with Gasteiger partial charge in [-0.15, -0.1) is 0 Å². The Hall–Kier alpha value is -0.580. The number of ether oxygens (including phenoxy) is 1. The lowest BCUT2D eigenvalue weighted by Gasteiger charge is -2.26. The summed E-state index contributed by atoms with van der Waals surface area (Å²) in [4.78, 5) is 0. The Kier molecular flexibility index (Phi) is 7.71. The highest BCUT2D eigenvalue weighted by molar-refractivity contribution is 9.10. The minimum atomic E-state index is -0.742. The van der Waals surface area contributed by atoms with Crippen LogP contribution < -0.4 is 10.1 Å². The van der Waals surface area contributed by atoms with Gasteiger partial charge in [0.1, 0.15) is 12.4 Å². The molecule has 0 atom stereocenters. The minimum absolute atomic E-state index is 0.337. The van der Waals surface area contributed by atoms with Gasteiger partial charge in [0.2, 0.25) is 0 Å². The fraction of sp³-hybridized carbons (Fsp3) is 0.647. The topological polar surface area (TPSA) is 41.5 Å². The van der Waals surface area contributed by atoms with E-state index in [2.05, 4.69) is 40.3 Å². The molecule has 1 aromatic rings. The van der Waals surface area contributed by atoms with Gasteiger partial charge < -0.3 is 15.2 Å². The van der Waals surface area contributed by atoms with Crippen molar-refractivity contribution in [2.45, 2.75) is 59.1 Å². The standard InChI is InChI=1S/C17H28BrNO2/c1-5-8-19-11-14-10-15(18)9-13(4)16(14)21-12-17(20,6-2)7-3/h9-10,19-20H,5-8,11-12H2,1-4H3. The monoisotopic (exact) mass is 357 g/mol. The Morgan fingerprint density at radius 1 is 1.24 bits per heavy atom. The molecule has 0 radical (unpaired) electrons. The molecule has 4 heteroatoms. The molecule has 0 saturated heterocycles. The van der Waals surface area contributed by atoms with Gasteiger partial charge in [-0.3, -0.25) is 0 Å². The van der Waals surface area contributed by atoms with Gasteiger partial charge in [0, 0.05) is 16.6 Å². The molecule has 0 unspecified atom stereocenters. The molecule has 3 nitrogen and oxygen atoms in total. The second kappa shape index (κ2) is 8.76. The van der Waals surface area contributed by atoms with Crippen molar-refractivity contribution in [1.82, 2.24) is 5.32 Å². The number of benzene rings is 1. The van der Waals surface area contributed by atoms with Crippen molar-refractivity contribution >= 4 is 15.9 Å². The van der Waals surface area contributed by atoms with Gasteiger partial charge >= 0.3 is 0 Å². The molecule has 1 rings (SSSR count). The summed E-state index contributed by atoms with van der Waals surface area (Å²) in [7, 11) is 0. The number of hydrogen-bond donors (Lipinski definition) is 2. The first kappa shape index (κ1) is 18.5. The van der Waals surface area contributed by atoms with Crippen LogP contribution in [0.5, 0.6) is 5.75 Å². The van der Waals surface area contributed by atoms with E-state index in [1.807, 2.05) is 20.8 Å². The van der Waals surface area contributed by atoms with Crippen LogP contribution in [0.4, 0.5) is 0 Å². The summed E-state index contributed by atoms with van der Waals surface area (Å²) in [6.45, 7) is 10.3. The van der Waals surface area contributed by atoms with Crippen LogP contribution in [0.15, 0.2) is 16.6 Å². The van der Waals surface area contributed by atoms with E-state index >= 15 is 0 Å². The van der Waals surface area contributed by atoms with Crippen molar-refractivity contribution < 1.29 is 9.84 Å². The van der Waals surface area contributed by atoms with Crippen LogP contribution in [-0.2, 0) is 6.54 Å². The molecule has 0 spiro atoms. The zero-order valence-electron chi connectivity index (χ0n) is 13.6. The van der Waals surface area contributed by atoms with E-state index in [1.165, 1.54) is 0 Å². The number of rotatable bonds is 9. The fourth-order valence-electron chi connectivity index (χ4n) is 2.20. The highest BCUT2D eigenvalue weighted by Gasteiger charge is 2.24. The first-order valence-corrected chi connectivity index (χ1v) is 8.60. The van der Waals surface area contributed by atoms with Crippen LogP contribution in [0.2, 0.25) is 0 Å². The van der Waals surface area contributed by atoms with E-state index in [1.54, 1.807) is 0 Å². The molecule has 0 fully saturated rings. The number of aryl methyl sites for hydroxylation is 1. The highest BCUT2D eigenvalue weighted by Crippen LogP contribution is 2.29. The predicted molar refractivity (Wildman–Crippen MR) is 91.9 cm³/mol. The van der Waals surface area contributed by atoms with Crippen LogP contribution in [0.25, 0.3) is 0 Å².